The third-order valence-electron chi connectivity index (χ3n) is 9.52. The van der Waals surface area contributed by atoms with E-state index in [4.69, 9.17) is 9.15 Å². The maximum atomic E-state index is 6.29. The van der Waals surface area contributed by atoms with Gasteiger partial charge in [0.2, 0.25) is 0 Å². The van der Waals surface area contributed by atoms with Crippen LogP contribution in [0.3, 0.4) is 0 Å². The van der Waals surface area contributed by atoms with E-state index in [9.17, 15) is 0 Å². The molecule has 0 fully saturated rings. The van der Waals surface area contributed by atoms with E-state index in [-0.39, 0.29) is 12.0 Å². The SMILES string of the molecule is C1=CC2Oc3ccc(-c4cc(-c5ccc6oc7ccccc7c6c5)cc(-n5c6ccccc6c6ccccc65)c4)cc3C2C=C1. The maximum Gasteiger partial charge on any atom is 0.135 e. The Kier molecular flexibility index (Phi) is 5.11. The van der Waals surface area contributed by atoms with Crippen molar-refractivity contribution in [1.29, 1.82) is 0 Å². The molecule has 8 aromatic rings. The molecular weight excluding hydrogens is 550 g/mol. The molecule has 2 aromatic heterocycles. The summed E-state index contributed by atoms with van der Waals surface area (Å²) in [7, 11) is 0. The Bertz CT molecular complexity index is 2490. The summed E-state index contributed by atoms with van der Waals surface area (Å²) in [6.45, 7) is 0. The molecule has 2 atom stereocenters. The number of hydrogen-bond acceptors (Lipinski definition) is 2. The van der Waals surface area contributed by atoms with Gasteiger partial charge < -0.3 is 13.7 Å². The molecule has 0 bridgehead atoms. The molecule has 212 valence electrons. The van der Waals surface area contributed by atoms with Crippen LogP contribution in [0.2, 0.25) is 0 Å². The summed E-state index contributed by atoms with van der Waals surface area (Å²) in [6.07, 6.45) is 8.68. The van der Waals surface area contributed by atoms with Crippen LogP contribution in [-0.2, 0) is 0 Å². The van der Waals surface area contributed by atoms with Crippen molar-refractivity contribution in [3.63, 3.8) is 0 Å². The topological polar surface area (TPSA) is 27.3 Å². The number of nitrogens with zero attached hydrogens (tertiary/aromatic N) is 1. The van der Waals surface area contributed by atoms with Crippen LogP contribution in [0.25, 0.3) is 71.7 Å². The lowest BCUT2D eigenvalue weighted by atomic mass is 9.89. The predicted octanol–water partition coefficient (Wildman–Crippen LogP) is 11.0. The summed E-state index contributed by atoms with van der Waals surface area (Å²) in [6, 6.07) is 45.9. The second-order valence-corrected chi connectivity index (χ2v) is 12.1. The highest BCUT2D eigenvalue weighted by Gasteiger charge is 2.32. The quantitative estimate of drug-likeness (QED) is 0.209. The molecule has 3 nitrogen and oxygen atoms in total. The van der Waals surface area contributed by atoms with Gasteiger partial charge in [0.05, 0.1) is 11.0 Å². The minimum atomic E-state index is 0.0660. The van der Waals surface area contributed by atoms with Crippen LogP contribution in [0.4, 0.5) is 0 Å². The van der Waals surface area contributed by atoms with E-state index < -0.39 is 0 Å². The van der Waals surface area contributed by atoms with E-state index in [1.807, 2.05) is 12.1 Å². The highest BCUT2D eigenvalue weighted by Crippen LogP contribution is 2.44. The predicted molar refractivity (Wildman–Crippen MR) is 184 cm³/mol. The molecule has 1 aliphatic heterocycles. The first-order valence-electron chi connectivity index (χ1n) is 15.5. The molecule has 45 heavy (non-hydrogen) atoms. The van der Waals surface area contributed by atoms with Gasteiger partial charge >= 0.3 is 0 Å². The third-order valence-corrected chi connectivity index (χ3v) is 9.52. The van der Waals surface area contributed by atoms with E-state index in [1.165, 1.54) is 38.5 Å². The maximum absolute atomic E-state index is 6.29. The number of para-hydroxylation sites is 3. The zero-order chi connectivity index (χ0) is 29.5. The third kappa shape index (κ3) is 3.71. The summed E-state index contributed by atoms with van der Waals surface area (Å²) >= 11 is 0. The van der Waals surface area contributed by atoms with Crippen LogP contribution in [-0.4, -0.2) is 10.7 Å². The van der Waals surface area contributed by atoms with Gasteiger partial charge in [-0.3, -0.25) is 0 Å². The smallest absolute Gasteiger partial charge is 0.135 e. The molecule has 6 aromatic carbocycles. The van der Waals surface area contributed by atoms with Crippen molar-refractivity contribution < 1.29 is 9.15 Å². The average Bonchev–Trinajstić information content (AvgIpc) is 3.77. The van der Waals surface area contributed by atoms with Crippen molar-refractivity contribution in [2.75, 3.05) is 0 Å². The van der Waals surface area contributed by atoms with Crippen LogP contribution < -0.4 is 4.74 Å². The Morgan fingerprint density at radius 3 is 1.93 bits per heavy atom. The van der Waals surface area contributed by atoms with Crippen molar-refractivity contribution in [3.8, 4) is 33.7 Å². The fraction of sp³-hybridized carbons (Fsp3) is 0.0476. The van der Waals surface area contributed by atoms with Crippen molar-refractivity contribution in [2.45, 2.75) is 12.0 Å². The lowest BCUT2D eigenvalue weighted by Crippen LogP contribution is -2.15. The van der Waals surface area contributed by atoms with Crippen molar-refractivity contribution in [3.05, 3.63) is 157 Å². The largest absolute Gasteiger partial charge is 0.485 e. The fourth-order valence-electron chi connectivity index (χ4n) is 7.40. The minimum Gasteiger partial charge on any atom is -0.485 e. The molecule has 0 N–H and O–H groups in total. The molecule has 2 unspecified atom stereocenters. The number of hydrogen-bond donors (Lipinski definition) is 0. The highest BCUT2D eigenvalue weighted by molar-refractivity contribution is 6.09. The summed E-state index contributed by atoms with van der Waals surface area (Å²) in [5.74, 6) is 1.21. The molecule has 0 saturated carbocycles. The zero-order valence-corrected chi connectivity index (χ0v) is 24.4. The molecule has 0 saturated heterocycles. The number of allylic oxidation sites excluding steroid dienone is 2. The lowest BCUT2D eigenvalue weighted by Gasteiger charge is -2.15. The van der Waals surface area contributed by atoms with E-state index >= 15 is 0 Å². The first-order chi connectivity index (χ1) is 22.3. The lowest BCUT2D eigenvalue weighted by molar-refractivity contribution is 0.269. The van der Waals surface area contributed by atoms with Crippen LogP contribution in [0.1, 0.15) is 11.5 Å². The normalized spacial score (nSPS) is 16.9. The summed E-state index contributed by atoms with van der Waals surface area (Å²) < 4.78 is 14.9. The molecule has 10 rings (SSSR count). The minimum absolute atomic E-state index is 0.0660. The van der Waals surface area contributed by atoms with E-state index in [2.05, 4.69) is 144 Å². The molecular formula is C42H27NO2. The molecule has 0 radical (unpaired) electrons. The molecule has 1 aliphatic carbocycles. The van der Waals surface area contributed by atoms with Crippen molar-refractivity contribution >= 4 is 43.7 Å². The average molecular weight is 578 g/mol. The molecule has 3 heteroatoms. The summed E-state index contributed by atoms with van der Waals surface area (Å²) in [5.41, 5.74) is 11.2. The molecule has 0 amide bonds. The zero-order valence-electron chi connectivity index (χ0n) is 24.4. The highest BCUT2D eigenvalue weighted by atomic mass is 16.5. The van der Waals surface area contributed by atoms with Crippen LogP contribution >= 0.6 is 0 Å². The molecule has 2 aliphatic rings. The molecule has 3 heterocycles. The summed E-state index contributed by atoms with van der Waals surface area (Å²) in [5, 5.41) is 4.77. The second kappa shape index (κ2) is 9.35. The Hall–Kier alpha value is -5.80. The van der Waals surface area contributed by atoms with E-state index in [1.54, 1.807) is 0 Å². The number of aromatic nitrogens is 1. The number of fused-ring (bicyclic) bond motifs is 9. The van der Waals surface area contributed by atoms with E-state index in [0.717, 1.165) is 44.5 Å². The first-order valence-corrected chi connectivity index (χ1v) is 15.5. The van der Waals surface area contributed by atoms with Crippen LogP contribution in [0.5, 0.6) is 5.75 Å². The van der Waals surface area contributed by atoms with Crippen LogP contribution in [0, 0.1) is 0 Å². The van der Waals surface area contributed by atoms with E-state index in [0.29, 0.717) is 0 Å². The van der Waals surface area contributed by atoms with Gasteiger partial charge in [0.15, 0.2) is 0 Å². The monoisotopic (exact) mass is 577 g/mol. The number of rotatable bonds is 3. The Morgan fingerprint density at radius 2 is 1.13 bits per heavy atom. The van der Waals surface area contributed by atoms with Gasteiger partial charge in [0.1, 0.15) is 23.0 Å². The number of furan rings is 1. The van der Waals surface area contributed by atoms with Gasteiger partial charge in [-0.15, -0.1) is 0 Å². The van der Waals surface area contributed by atoms with Gasteiger partial charge in [-0.25, -0.2) is 0 Å². The Balaban J connectivity index is 1.23. The van der Waals surface area contributed by atoms with Crippen molar-refractivity contribution in [2.24, 2.45) is 0 Å². The number of ether oxygens (including phenoxy) is 1. The van der Waals surface area contributed by atoms with Gasteiger partial charge in [0, 0.05) is 38.7 Å². The number of benzene rings is 6. The first kappa shape index (κ1) is 24.6. The van der Waals surface area contributed by atoms with Gasteiger partial charge in [-0.1, -0.05) is 85.0 Å². The van der Waals surface area contributed by atoms with Crippen LogP contribution in [0.15, 0.2) is 156 Å². The Labute approximate surface area is 259 Å². The summed E-state index contributed by atoms with van der Waals surface area (Å²) in [4.78, 5) is 0. The van der Waals surface area contributed by atoms with Gasteiger partial charge in [0.25, 0.3) is 0 Å². The standard InChI is InChI=1S/C42H27NO2/c1-5-13-37-31(9-1)32-10-2-6-14-38(32)43(37)30-22-28(26-17-19-41-35(24-26)33-11-3-7-15-39(33)44-41)21-29(23-30)27-18-20-42-36(25-27)34-12-4-8-16-40(34)45-42/h1-25,33,39H. The van der Waals surface area contributed by atoms with Crippen molar-refractivity contribution in [1.82, 2.24) is 4.57 Å². The fourth-order valence-corrected chi connectivity index (χ4v) is 7.40. The molecule has 0 spiro atoms. The van der Waals surface area contributed by atoms with Gasteiger partial charge in [-0.2, -0.15) is 0 Å². The Morgan fingerprint density at radius 1 is 0.489 bits per heavy atom. The van der Waals surface area contributed by atoms with Gasteiger partial charge in [-0.05, 0) is 89.0 Å². The second-order valence-electron chi connectivity index (χ2n) is 12.1.